The second kappa shape index (κ2) is 6.67. The number of aryl methyl sites for hydroxylation is 1. The number of amides is 2. The van der Waals surface area contributed by atoms with Gasteiger partial charge in [0.2, 0.25) is 17.7 Å². The molecule has 2 aromatic heterocycles. The van der Waals surface area contributed by atoms with E-state index in [0.29, 0.717) is 28.6 Å². The molecule has 7 heteroatoms. The first kappa shape index (κ1) is 15.9. The molecule has 0 atom stereocenters. The van der Waals surface area contributed by atoms with E-state index < -0.39 is 5.91 Å². The van der Waals surface area contributed by atoms with Crippen molar-refractivity contribution in [3.63, 3.8) is 0 Å². The standard InChI is InChI=1S/C17H15N3O3S/c1-10-13(20-17(23-10)14-6-3-7-24-14)9-15(21)19-12-5-2-4-11(8-12)16(18)22/h2-8H,9H2,1H3,(H2,18,22)(H,19,21). The van der Waals surface area contributed by atoms with E-state index in [1.807, 2.05) is 17.5 Å². The molecule has 3 rings (SSSR count). The number of rotatable bonds is 5. The molecule has 0 unspecified atom stereocenters. The van der Waals surface area contributed by atoms with Crippen LogP contribution in [0.3, 0.4) is 0 Å². The summed E-state index contributed by atoms with van der Waals surface area (Å²) in [5, 5.41) is 4.67. The van der Waals surface area contributed by atoms with Gasteiger partial charge in [0.15, 0.2) is 0 Å². The largest absolute Gasteiger partial charge is 0.440 e. The van der Waals surface area contributed by atoms with Crippen LogP contribution in [-0.4, -0.2) is 16.8 Å². The Balaban J connectivity index is 1.71. The summed E-state index contributed by atoms with van der Waals surface area (Å²) in [7, 11) is 0. The minimum Gasteiger partial charge on any atom is -0.440 e. The summed E-state index contributed by atoms with van der Waals surface area (Å²) in [6.07, 6.45) is 0.0848. The van der Waals surface area contributed by atoms with Crippen molar-refractivity contribution in [1.82, 2.24) is 4.98 Å². The summed E-state index contributed by atoms with van der Waals surface area (Å²) in [4.78, 5) is 28.7. The first-order valence-corrected chi connectivity index (χ1v) is 8.11. The first-order valence-electron chi connectivity index (χ1n) is 7.23. The molecule has 1 aromatic carbocycles. The van der Waals surface area contributed by atoms with Gasteiger partial charge in [-0.05, 0) is 36.6 Å². The van der Waals surface area contributed by atoms with E-state index in [2.05, 4.69) is 10.3 Å². The third-order valence-corrected chi connectivity index (χ3v) is 4.24. The second-order valence-electron chi connectivity index (χ2n) is 5.17. The number of hydrogen-bond acceptors (Lipinski definition) is 5. The lowest BCUT2D eigenvalue weighted by Crippen LogP contribution is -2.16. The molecule has 2 amide bonds. The Morgan fingerprint density at radius 2 is 2.12 bits per heavy atom. The number of hydrogen-bond donors (Lipinski definition) is 2. The van der Waals surface area contributed by atoms with Crippen molar-refractivity contribution in [2.45, 2.75) is 13.3 Å². The van der Waals surface area contributed by atoms with E-state index in [1.54, 1.807) is 25.1 Å². The Hall–Kier alpha value is -2.93. The fraction of sp³-hybridized carbons (Fsp3) is 0.118. The Morgan fingerprint density at radius 1 is 1.29 bits per heavy atom. The topological polar surface area (TPSA) is 98.2 Å². The maximum absolute atomic E-state index is 12.2. The van der Waals surface area contributed by atoms with Crippen molar-refractivity contribution in [2.75, 3.05) is 5.32 Å². The zero-order valence-corrected chi connectivity index (χ0v) is 13.7. The van der Waals surface area contributed by atoms with E-state index in [0.717, 1.165) is 4.88 Å². The lowest BCUT2D eigenvalue weighted by atomic mass is 10.2. The molecule has 0 spiro atoms. The zero-order chi connectivity index (χ0) is 17.1. The highest BCUT2D eigenvalue weighted by molar-refractivity contribution is 7.13. The number of benzene rings is 1. The van der Waals surface area contributed by atoms with Gasteiger partial charge in [0.1, 0.15) is 5.76 Å². The molecule has 24 heavy (non-hydrogen) atoms. The van der Waals surface area contributed by atoms with Crippen molar-refractivity contribution in [3.05, 3.63) is 58.8 Å². The molecule has 0 saturated heterocycles. The number of nitrogens with one attached hydrogen (secondary N) is 1. The molecule has 0 fully saturated rings. The summed E-state index contributed by atoms with van der Waals surface area (Å²) >= 11 is 1.52. The zero-order valence-electron chi connectivity index (χ0n) is 12.9. The number of carbonyl (C=O) groups is 2. The maximum Gasteiger partial charge on any atom is 0.248 e. The van der Waals surface area contributed by atoms with Gasteiger partial charge in [0, 0.05) is 11.3 Å². The van der Waals surface area contributed by atoms with Crippen LogP contribution in [0.1, 0.15) is 21.8 Å². The van der Waals surface area contributed by atoms with Gasteiger partial charge in [-0.3, -0.25) is 9.59 Å². The molecule has 0 bridgehead atoms. The predicted octanol–water partition coefficient (Wildman–Crippen LogP) is 2.99. The number of oxazole rings is 1. The number of anilines is 1. The van der Waals surface area contributed by atoms with E-state index >= 15 is 0 Å². The average Bonchev–Trinajstić information content (AvgIpc) is 3.18. The number of primary amides is 1. The molecule has 0 aliphatic heterocycles. The van der Waals surface area contributed by atoms with Crippen molar-refractivity contribution >= 4 is 28.8 Å². The molecule has 2 heterocycles. The SMILES string of the molecule is Cc1oc(-c2cccs2)nc1CC(=O)Nc1cccc(C(N)=O)c1. The molecule has 0 aliphatic carbocycles. The van der Waals surface area contributed by atoms with Crippen LogP contribution in [0.2, 0.25) is 0 Å². The number of nitrogens with two attached hydrogens (primary N) is 1. The fourth-order valence-corrected chi connectivity index (χ4v) is 2.85. The minimum absolute atomic E-state index is 0.0848. The maximum atomic E-state index is 12.2. The summed E-state index contributed by atoms with van der Waals surface area (Å²) in [6, 6.07) is 10.3. The highest BCUT2D eigenvalue weighted by Crippen LogP contribution is 2.26. The van der Waals surface area contributed by atoms with E-state index in [1.165, 1.54) is 17.4 Å². The molecular weight excluding hydrogens is 326 g/mol. The lowest BCUT2D eigenvalue weighted by molar-refractivity contribution is -0.115. The van der Waals surface area contributed by atoms with E-state index in [4.69, 9.17) is 10.2 Å². The van der Waals surface area contributed by atoms with Crippen LogP contribution < -0.4 is 11.1 Å². The molecule has 0 radical (unpaired) electrons. The quantitative estimate of drug-likeness (QED) is 0.745. The van der Waals surface area contributed by atoms with Gasteiger partial charge in [0.05, 0.1) is 17.0 Å². The summed E-state index contributed by atoms with van der Waals surface area (Å²) in [5.41, 5.74) is 6.67. The normalized spacial score (nSPS) is 10.5. The van der Waals surface area contributed by atoms with Crippen LogP contribution in [0.5, 0.6) is 0 Å². The number of aromatic nitrogens is 1. The Labute approximate surface area is 142 Å². The van der Waals surface area contributed by atoms with Crippen LogP contribution in [-0.2, 0) is 11.2 Å². The minimum atomic E-state index is -0.543. The second-order valence-corrected chi connectivity index (χ2v) is 6.12. The molecule has 6 nitrogen and oxygen atoms in total. The van der Waals surface area contributed by atoms with Gasteiger partial charge in [0.25, 0.3) is 0 Å². The van der Waals surface area contributed by atoms with Crippen LogP contribution >= 0.6 is 11.3 Å². The third-order valence-electron chi connectivity index (χ3n) is 3.38. The smallest absolute Gasteiger partial charge is 0.248 e. The van der Waals surface area contributed by atoms with Crippen molar-refractivity contribution < 1.29 is 14.0 Å². The van der Waals surface area contributed by atoms with Crippen molar-refractivity contribution in [2.24, 2.45) is 5.73 Å². The van der Waals surface area contributed by atoms with Crippen molar-refractivity contribution in [1.29, 1.82) is 0 Å². The Kier molecular flexibility index (Phi) is 4.43. The molecule has 0 saturated carbocycles. The van der Waals surface area contributed by atoms with Crippen LogP contribution in [0.15, 0.2) is 46.2 Å². The summed E-state index contributed by atoms with van der Waals surface area (Å²) < 4.78 is 5.62. The van der Waals surface area contributed by atoms with E-state index in [9.17, 15) is 9.59 Å². The number of carbonyl (C=O) groups excluding carboxylic acids is 2. The Morgan fingerprint density at radius 3 is 2.83 bits per heavy atom. The highest BCUT2D eigenvalue weighted by atomic mass is 32.1. The third kappa shape index (κ3) is 3.52. The highest BCUT2D eigenvalue weighted by Gasteiger charge is 2.15. The van der Waals surface area contributed by atoms with Crippen LogP contribution in [0.25, 0.3) is 10.8 Å². The van der Waals surface area contributed by atoms with Crippen molar-refractivity contribution in [3.8, 4) is 10.8 Å². The summed E-state index contributed by atoms with van der Waals surface area (Å²) in [5.74, 6) is 0.338. The molecule has 3 aromatic rings. The molecular formula is C17H15N3O3S. The van der Waals surface area contributed by atoms with Gasteiger partial charge >= 0.3 is 0 Å². The Bertz CT molecular complexity index is 884. The average molecular weight is 341 g/mol. The van der Waals surface area contributed by atoms with Gasteiger partial charge in [-0.25, -0.2) is 4.98 Å². The fourth-order valence-electron chi connectivity index (χ4n) is 2.21. The van der Waals surface area contributed by atoms with Crippen LogP contribution in [0.4, 0.5) is 5.69 Å². The molecule has 122 valence electrons. The van der Waals surface area contributed by atoms with E-state index in [-0.39, 0.29) is 12.3 Å². The van der Waals surface area contributed by atoms with Gasteiger partial charge in [-0.2, -0.15) is 0 Å². The number of nitrogens with zero attached hydrogens (tertiary/aromatic N) is 1. The molecule has 3 N–H and O–H groups in total. The van der Waals surface area contributed by atoms with Gasteiger partial charge in [-0.1, -0.05) is 12.1 Å². The lowest BCUT2D eigenvalue weighted by Gasteiger charge is -2.05. The monoisotopic (exact) mass is 341 g/mol. The first-order chi connectivity index (χ1) is 11.5. The van der Waals surface area contributed by atoms with Gasteiger partial charge in [-0.15, -0.1) is 11.3 Å². The van der Waals surface area contributed by atoms with Crippen LogP contribution in [0, 0.1) is 6.92 Å². The summed E-state index contributed by atoms with van der Waals surface area (Å²) in [6.45, 7) is 1.78. The van der Waals surface area contributed by atoms with Gasteiger partial charge < -0.3 is 15.5 Å². The molecule has 0 aliphatic rings. The number of thiophene rings is 1. The predicted molar refractivity (Wildman–Crippen MR) is 91.8 cm³/mol.